The van der Waals surface area contributed by atoms with Crippen molar-refractivity contribution >= 4 is 34.6 Å². The molecule has 0 bridgehead atoms. The molecule has 128 valence electrons. The summed E-state index contributed by atoms with van der Waals surface area (Å²) < 4.78 is 10.6. The van der Waals surface area contributed by atoms with Crippen molar-refractivity contribution in [2.24, 2.45) is 4.99 Å². The van der Waals surface area contributed by atoms with Crippen LogP contribution in [0.1, 0.15) is 11.1 Å². The first-order valence-corrected chi connectivity index (χ1v) is 8.49. The summed E-state index contributed by atoms with van der Waals surface area (Å²) in [6.45, 7) is 2.02. The SMILES string of the molecule is COc1ccc(OC)c(/C=C2\SC(=Nc3ccc(C)cc3)NC2=O)c1. The molecule has 0 radical (unpaired) electrons. The quantitative estimate of drug-likeness (QED) is 0.846. The number of benzene rings is 2. The van der Waals surface area contributed by atoms with E-state index in [4.69, 9.17) is 9.47 Å². The van der Waals surface area contributed by atoms with E-state index in [2.05, 4.69) is 10.3 Å². The molecule has 0 aromatic heterocycles. The van der Waals surface area contributed by atoms with Gasteiger partial charge in [0.2, 0.25) is 0 Å². The van der Waals surface area contributed by atoms with Crippen molar-refractivity contribution in [1.29, 1.82) is 0 Å². The highest BCUT2D eigenvalue weighted by Crippen LogP contribution is 2.32. The van der Waals surface area contributed by atoms with Gasteiger partial charge in [-0.3, -0.25) is 4.79 Å². The number of aryl methyl sites for hydroxylation is 1. The Morgan fingerprint density at radius 3 is 2.52 bits per heavy atom. The summed E-state index contributed by atoms with van der Waals surface area (Å²) in [5, 5.41) is 3.34. The molecule has 2 aromatic carbocycles. The van der Waals surface area contributed by atoms with Gasteiger partial charge in [-0.05, 0) is 55.1 Å². The fourth-order valence-electron chi connectivity index (χ4n) is 2.31. The van der Waals surface area contributed by atoms with Gasteiger partial charge >= 0.3 is 0 Å². The Kier molecular flexibility index (Phi) is 5.09. The van der Waals surface area contributed by atoms with Crippen LogP contribution >= 0.6 is 11.8 Å². The number of amidine groups is 1. The van der Waals surface area contributed by atoms with Crippen molar-refractivity contribution < 1.29 is 14.3 Å². The number of rotatable bonds is 4. The second-order valence-electron chi connectivity index (χ2n) is 5.43. The number of nitrogens with zero attached hydrogens (tertiary/aromatic N) is 1. The predicted molar refractivity (Wildman–Crippen MR) is 102 cm³/mol. The number of methoxy groups -OCH3 is 2. The molecule has 1 aliphatic heterocycles. The van der Waals surface area contributed by atoms with Crippen molar-refractivity contribution in [3.8, 4) is 11.5 Å². The number of carbonyl (C=O) groups is 1. The maximum atomic E-state index is 12.2. The second-order valence-corrected chi connectivity index (χ2v) is 6.46. The van der Waals surface area contributed by atoms with E-state index >= 15 is 0 Å². The Morgan fingerprint density at radius 2 is 1.84 bits per heavy atom. The molecule has 5 nitrogen and oxygen atoms in total. The smallest absolute Gasteiger partial charge is 0.264 e. The molecule has 1 N–H and O–H groups in total. The average molecular weight is 354 g/mol. The molecule has 0 spiro atoms. The lowest BCUT2D eigenvalue weighted by Crippen LogP contribution is -2.19. The van der Waals surface area contributed by atoms with Gasteiger partial charge in [0.05, 0.1) is 24.8 Å². The van der Waals surface area contributed by atoms with Crippen LogP contribution in [0.5, 0.6) is 11.5 Å². The van der Waals surface area contributed by atoms with Gasteiger partial charge in [0, 0.05) is 5.56 Å². The van der Waals surface area contributed by atoms with Gasteiger partial charge in [-0.15, -0.1) is 0 Å². The normalized spacial score (nSPS) is 17.0. The van der Waals surface area contributed by atoms with Crippen molar-refractivity contribution in [3.05, 3.63) is 58.5 Å². The zero-order valence-electron chi connectivity index (χ0n) is 14.2. The molecular formula is C19H18N2O3S. The highest BCUT2D eigenvalue weighted by Gasteiger charge is 2.24. The lowest BCUT2D eigenvalue weighted by Gasteiger charge is -2.07. The van der Waals surface area contributed by atoms with Crippen molar-refractivity contribution in [3.63, 3.8) is 0 Å². The van der Waals surface area contributed by atoms with Crippen LogP contribution in [0, 0.1) is 6.92 Å². The number of hydrogen-bond acceptors (Lipinski definition) is 5. The molecule has 1 aliphatic rings. The maximum absolute atomic E-state index is 12.2. The molecular weight excluding hydrogens is 336 g/mol. The van der Waals surface area contributed by atoms with Gasteiger partial charge in [0.15, 0.2) is 5.17 Å². The summed E-state index contributed by atoms with van der Waals surface area (Å²) in [5.41, 5.74) is 2.74. The standard InChI is InChI=1S/C19H18N2O3S/c1-12-4-6-14(7-5-12)20-19-21-18(22)17(25-19)11-13-10-15(23-2)8-9-16(13)24-3/h4-11H,1-3H3,(H,20,21,22)/b17-11-. The third-order valence-corrected chi connectivity index (χ3v) is 4.55. The minimum atomic E-state index is -0.180. The molecule has 2 aromatic rings. The Morgan fingerprint density at radius 1 is 1.08 bits per heavy atom. The number of aliphatic imine (C=N–C) groups is 1. The maximum Gasteiger partial charge on any atom is 0.264 e. The zero-order chi connectivity index (χ0) is 17.8. The first-order chi connectivity index (χ1) is 12.1. The fraction of sp³-hybridized carbons (Fsp3) is 0.158. The van der Waals surface area contributed by atoms with Crippen molar-refractivity contribution in [1.82, 2.24) is 5.32 Å². The minimum absolute atomic E-state index is 0.180. The van der Waals surface area contributed by atoms with Crippen LogP contribution in [0.4, 0.5) is 5.69 Å². The topological polar surface area (TPSA) is 59.9 Å². The van der Waals surface area contributed by atoms with E-state index in [1.165, 1.54) is 11.8 Å². The second kappa shape index (κ2) is 7.44. The van der Waals surface area contributed by atoms with Gasteiger partial charge in [0.1, 0.15) is 11.5 Å². The number of ether oxygens (including phenoxy) is 2. The molecule has 3 rings (SSSR count). The lowest BCUT2D eigenvalue weighted by atomic mass is 10.1. The third-order valence-electron chi connectivity index (χ3n) is 3.64. The molecule has 1 fully saturated rings. The van der Waals surface area contributed by atoms with E-state index in [0.717, 1.165) is 16.8 Å². The average Bonchev–Trinajstić information content (AvgIpc) is 2.96. The Balaban J connectivity index is 1.87. The number of nitrogens with one attached hydrogen (secondary N) is 1. The summed E-state index contributed by atoms with van der Waals surface area (Å²) in [6.07, 6.45) is 1.78. The fourth-order valence-corrected chi connectivity index (χ4v) is 3.14. The zero-order valence-corrected chi connectivity index (χ0v) is 15.0. The largest absolute Gasteiger partial charge is 0.497 e. The highest BCUT2D eigenvalue weighted by molar-refractivity contribution is 8.18. The first-order valence-electron chi connectivity index (χ1n) is 7.67. The molecule has 6 heteroatoms. The van der Waals surface area contributed by atoms with E-state index in [1.54, 1.807) is 20.3 Å². The predicted octanol–water partition coefficient (Wildman–Crippen LogP) is 3.90. The summed E-state index contributed by atoms with van der Waals surface area (Å²) in [5.74, 6) is 1.19. The number of hydrogen-bond donors (Lipinski definition) is 1. The summed E-state index contributed by atoms with van der Waals surface area (Å²) in [6, 6.07) is 13.3. The Bertz CT molecular complexity index is 857. The van der Waals surface area contributed by atoms with E-state index in [1.807, 2.05) is 49.4 Å². The lowest BCUT2D eigenvalue weighted by molar-refractivity contribution is -0.115. The minimum Gasteiger partial charge on any atom is -0.497 e. The van der Waals surface area contributed by atoms with Gasteiger partial charge in [-0.25, -0.2) is 4.99 Å². The summed E-state index contributed by atoms with van der Waals surface area (Å²) >= 11 is 1.30. The molecule has 1 heterocycles. The molecule has 0 aliphatic carbocycles. The van der Waals surface area contributed by atoms with Crippen LogP contribution in [0.3, 0.4) is 0 Å². The Labute approximate surface area is 150 Å². The molecule has 1 saturated heterocycles. The van der Waals surface area contributed by atoms with Gasteiger partial charge in [-0.2, -0.15) is 0 Å². The van der Waals surface area contributed by atoms with E-state index < -0.39 is 0 Å². The van der Waals surface area contributed by atoms with Crippen molar-refractivity contribution in [2.45, 2.75) is 6.92 Å². The van der Waals surface area contributed by atoms with E-state index in [9.17, 15) is 4.79 Å². The summed E-state index contributed by atoms with van der Waals surface area (Å²) in [4.78, 5) is 17.3. The van der Waals surface area contributed by atoms with Crippen LogP contribution < -0.4 is 14.8 Å². The summed E-state index contributed by atoms with van der Waals surface area (Å²) in [7, 11) is 3.19. The van der Waals surface area contributed by atoms with Crippen LogP contribution in [-0.4, -0.2) is 25.3 Å². The van der Waals surface area contributed by atoms with Gasteiger partial charge < -0.3 is 14.8 Å². The monoisotopic (exact) mass is 354 g/mol. The number of amides is 1. The van der Waals surface area contributed by atoms with Gasteiger partial charge in [-0.1, -0.05) is 17.7 Å². The molecule has 0 atom stereocenters. The molecule has 0 saturated carbocycles. The molecule has 25 heavy (non-hydrogen) atoms. The van der Waals surface area contributed by atoms with Crippen LogP contribution in [0.15, 0.2) is 52.4 Å². The molecule has 0 unspecified atom stereocenters. The van der Waals surface area contributed by atoms with Gasteiger partial charge in [0.25, 0.3) is 5.91 Å². The van der Waals surface area contributed by atoms with Crippen molar-refractivity contribution in [2.75, 3.05) is 14.2 Å². The highest BCUT2D eigenvalue weighted by atomic mass is 32.2. The van der Waals surface area contributed by atoms with E-state index in [-0.39, 0.29) is 5.91 Å². The number of carbonyl (C=O) groups excluding carboxylic acids is 1. The first kappa shape index (κ1) is 17.1. The van der Waals surface area contributed by atoms with Crippen LogP contribution in [0.2, 0.25) is 0 Å². The van der Waals surface area contributed by atoms with Crippen LogP contribution in [-0.2, 0) is 4.79 Å². The van der Waals surface area contributed by atoms with E-state index in [0.29, 0.717) is 21.6 Å². The third kappa shape index (κ3) is 4.03. The molecule has 1 amide bonds. The number of thioether (sulfide) groups is 1. The Hall–Kier alpha value is -2.73. The van der Waals surface area contributed by atoms with Crippen LogP contribution in [0.25, 0.3) is 6.08 Å².